The van der Waals surface area contributed by atoms with Crippen molar-refractivity contribution in [1.29, 1.82) is 0 Å². The van der Waals surface area contributed by atoms with Crippen LogP contribution in [0.3, 0.4) is 0 Å². The summed E-state index contributed by atoms with van der Waals surface area (Å²) in [5, 5.41) is 17.0. The van der Waals surface area contributed by atoms with Gasteiger partial charge in [0.15, 0.2) is 0 Å². The average molecular weight is 454 g/mol. The van der Waals surface area contributed by atoms with Crippen LogP contribution >= 0.6 is 11.6 Å². The molecule has 3 rings (SSSR count). The molecular formula is C21H19ClF3N3O3. The summed E-state index contributed by atoms with van der Waals surface area (Å²) in [4.78, 5) is 12.5. The molecule has 0 aliphatic carbocycles. The summed E-state index contributed by atoms with van der Waals surface area (Å²) in [6.07, 6.45) is -5.64. The van der Waals surface area contributed by atoms with E-state index >= 15 is 0 Å². The second-order valence-corrected chi connectivity index (χ2v) is 7.06. The fourth-order valence-corrected chi connectivity index (χ4v) is 3.17. The van der Waals surface area contributed by atoms with Crippen LogP contribution in [-0.4, -0.2) is 40.0 Å². The molecule has 1 aromatic heterocycles. The topological polar surface area (TPSA) is 76.4 Å². The van der Waals surface area contributed by atoms with Crippen LogP contribution < -0.4 is 10.1 Å². The smallest absolute Gasteiger partial charge is 0.416 e. The summed E-state index contributed by atoms with van der Waals surface area (Å²) in [6, 6.07) is 13.3. The van der Waals surface area contributed by atoms with Gasteiger partial charge in [-0.05, 0) is 37.3 Å². The monoisotopic (exact) mass is 453 g/mol. The molecule has 31 heavy (non-hydrogen) atoms. The lowest BCUT2D eigenvalue weighted by Crippen LogP contribution is -2.35. The van der Waals surface area contributed by atoms with E-state index in [1.807, 2.05) is 18.2 Å². The van der Waals surface area contributed by atoms with Gasteiger partial charge in [0.1, 0.15) is 23.6 Å². The molecular weight excluding hydrogens is 435 g/mol. The second kappa shape index (κ2) is 9.40. The average Bonchev–Trinajstić information content (AvgIpc) is 3.04. The Hall–Kier alpha value is -3.04. The highest BCUT2D eigenvalue weighted by molar-refractivity contribution is 6.33. The predicted octanol–water partition coefficient (Wildman–Crippen LogP) is 4.02. The summed E-state index contributed by atoms with van der Waals surface area (Å²) in [6.45, 7) is 1.13. The van der Waals surface area contributed by atoms with Gasteiger partial charge in [-0.1, -0.05) is 35.9 Å². The number of hydrogen-bond donors (Lipinski definition) is 2. The quantitative estimate of drug-likeness (QED) is 0.566. The maximum Gasteiger partial charge on any atom is 0.416 e. The number of nitrogens with zero attached hydrogens (tertiary/aromatic N) is 2. The van der Waals surface area contributed by atoms with Crippen molar-refractivity contribution in [2.75, 3.05) is 13.2 Å². The number of ether oxygens (including phenoxy) is 1. The molecule has 1 amide bonds. The molecule has 0 fully saturated rings. The molecule has 0 spiro atoms. The minimum absolute atomic E-state index is 0.0387. The van der Waals surface area contributed by atoms with E-state index < -0.39 is 23.8 Å². The van der Waals surface area contributed by atoms with Gasteiger partial charge in [0.25, 0.3) is 5.91 Å². The molecule has 0 radical (unpaired) electrons. The molecule has 0 aliphatic heterocycles. The maximum atomic E-state index is 12.7. The van der Waals surface area contributed by atoms with Crippen molar-refractivity contribution in [3.63, 3.8) is 0 Å². The van der Waals surface area contributed by atoms with Crippen molar-refractivity contribution in [2.24, 2.45) is 0 Å². The van der Waals surface area contributed by atoms with E-state index in [2.05, 4.69) is 10.4 Å². The van der Waals surface area contributed by atoms with Crippen LogP contribution in [0, 0.1) is 6.92 Å². The SMILES string of the molecule is Cc1nn(-c2ccccc2)c(Cl)c1C(=O)NCC(O)COc1cccc(C(F)(F)F)c1. The van der Waals surface area contributed by atoms with Gasteiger partial charge in [0.2, 0.25) is 0 Å². The van der Waals surface area contributed by atoms with E-state index in [0.717, 1.165) is 12.1 Å². The highest BCUT2D eigenvalue weighted by Gasteiger charge is 2.30. The van der Waals surface area contributed by atoms with E-state index in [1.54, 1.807) is 19.1 Å². The van der Waals surface area contributed by atoms with Crippen molar-refractivity contribution < 1.29 is 27.8 Å². The lowest BCUT2D eigenvalue weighted by Gasteiger charge is -2.14. The number of aliphatic hydroxyl groups is 1. The molecule has 0 saturated carbocycles. The number of aromatic nitrogens is 2. The zero-order valence-electron chi connectivity index (χ0n) is 16.4. The Bertz CT molecular complexity index is 1060. The molecule has 0 saturated heterocycles. The molecule has 1 unspecified atom stereocenters. The number of rotatable bonds is 7. The van der Waals surface area contributed by atoms with Crippen molar-refractivity contribution in [2.45, 2.75) is 19.2 Å². The standard InChI is InChI=1S/C21H19ClF3N3O3/c1-13-18(19(22)28(27-13)15-7-3-2-4-8-15)20(30)26-11-16(29)12-31-17-9-5-6-14(10-17)21(23,24)25/h2-10,16,29H,11-12H2,1H3,(H,26,30). The number of nitrogens with one attached hydrogen (secondary N) is 1. The minimum atomic E-state index is -4.49. The molecule has 6 nitrogen and oxygen atoms in total. The molecule has 1 atom stereocenters. The number of halogens is 4. The van der Waals surface area contributed by atoms with Gasteiger partial charge >= 0.3 is 6.18 Å². The first-order chi connectivity index (χ1) is 14.7. The molecule has 1 heterocycles. The summed E-state index contributed by atoms with van der Waals surface area (Å²) in [7, 11) is 0. The molecule has 0 aliphatic rings. The van der Waals surface area contributed by atoms with Crippen LogP contribution in [0.25, 0.3) is 5.69 Å². The Morgan fingerprint density at radius 3 is 2.61 bits per heavy atom. The number of para-hydroxylation sites is 1. The first kappa shape index (κ1) is 22.6. The van der Waals surface area contributed by atoms with E-state index in [0.29, 0.717) is 11.4 Å². The Kier molecular flexibility index (Phi) is 6.87. The highest BCUT2D eigenvalue weighted by Crippen LogP contribution is 2.31. The maximum absolute atomic E-state index is 12.7. The summed E-state index contributed by atoms with van der Waals surface area (Å²) in [5.41, 5.74) is 0.398. The number of aryl methyl sites for hydroxylation is 1. The van der Waals surface area contributed by atoms with Crippen LogP contribution in [0.4, 0.5) is 13.2 Å². The number of hydrogen-bond acceptors (Lipinski definition) is 4. The third-order valence-corrected chi connectivity index (χ3v) is 4.68. The van der Waals surface area contributed by atoms with Gasteiger partial charge in [-0.15, -0.1) is 0 Å². The normalized spacial score (nSPS) is 12.5. The van der Waals surface area contributed by atoms with Crippen molar-refractivity contribution >= 4 is 17.5 Å². The summed E-state index contributed by atoms with van der Waals surface area (Å²) in [5.74, 6) is -0.578. The van der Waals surface area contributed by atoms with Crippen LogP contribution in [-0.2, 0) is 6.18 Å². The van der Waals surface area contributed by atoms with Gasteiger partial charge in [-0.2, -0.15) is 18.3 Å². The first-order valence-corrected chi connectivity index (χ1v) is 9.61. The van der Waals surface area contributed by atoms with Crippen LogP contribution in [0.15, 0.2) is 54.6 Å². The Morgan fingerprint density at radius 2 is 1.94 bits per heavy atom. The van der Waals surface area contributed by atoms with E-state index in [9.17, 15) is 23.1 Å². The van der Waals surface area contributed by atoms with Crippen molar-refractivity contribution in [1.82, 2.24) is 15.1 Å². The zero-order valence-corrected chi connectivity index (χ0v) is 17.1. The van der Waals surface area contributed by atoms with Gasteiger partial charge in [-0.25, -0.2) is 4.68 Å². The highest BCUT2D eigenvalue weighted by atomic mass is 35.5. The molecule has 0 bridgehead atoms. The number of carbonyl (C=O) groups is 1. The van der Waals surface area contributed by atoms with E-state index in [4.69, 9.17) is 16.3 Å². The Labute approximate surface area is 181 Å². The molecule has 164 valence electrons. The first-order valence-electron chi connectivity index (χ1n) is 9.23. The van der Waals surface area contributed by atoms with Gasteiger partial charge in [0, 0.05) is 6.54 Å². The van der Waals surface area contributed by atoms with Gasteiger partial charge < -0.3 is 15.2 Å². The van der Waals surface area contributed by atoms with Crippen molar-refractivity contribution in [3.05, 3.63) is 76.6 Å². The summed E-state index contributed by atoms with van der Waals surface area (Å²) < 4.78 is 44.9. The Balaban J connectivity index is 1.58. The molecule has 2 aromatic carbocycles. The summed E-state index contributed by atoms with van der Waals surface area (Å²) >= 11 is 6.33. The van der Waals surface area contributed by atoms with Gasteiger partial charge in [-0.3, -0.25) is 4.79 Å². The van der Waals surface area contributed by atoms with Crippen LogP contribution in [0.2, 0.25) is 5.15 Å². The fourth-order valence-electron chi connectivity index (χ4n) is 2.81. The molecule has 3 aromatic rings. The lowest BCUT2D eigenvalue weighted by molar-refractivity contribution is -0.137. The number of amides is 1. The second-order valence-electron chi connectivity index (χ2n) is 6.70. The minimum Gasteiger partial charge on any atom is -0.491 e. The largest absolute Gasteiger partial charge is 0.491 e. The number of benzene rings is 2. The molecule has 2 N–H and O–H groups in total. The third-order valence-electron chi connectivity index (χ3n) is 4.33. The van der Waals surface area contributed by atoms with E-state index in [1.165, 1.54) is 16.8 Å². The third kappa shape index (κ3) is 5.56. The fraction of sp³-hybridized carbons (Fsp3) is 0.238. The Morgan fingerprint density at radius 1 is 1.23 bits per heavy atom. The number of carbonyl (C=O) groups excluding carboxylic acids is 1. The van der Waals surface area contributed by atoms with Crippen LogP contribution in [0.1, 0.15) is 21.6 Å². The number of alkyl halides is 3. The zero-order chi connectivity index (χ0) is 22.6. The van der Waals surface area contributed by atoms with Crippen molar-refractivity contribution in [3.8, 4) is 11.4 Å². The van der Waals surface area contributed by atoms with Gasteiger partial charge in [0.05, 0.1) is 22.5 Å². The molecule has 10 heteroatoms. The van der Waals surface area contributed by atoms with Crippen LogP contribution in [0.5, 0.6) is 5.75 Å². The lowest BCUT2D eigenvalue weighted by atomic mass is 10.2. The predicted molar refractivity (Wildman–Crippen MR) is 109 cm³/mol. The van der Waals surface area contributed by atoms with E-state index in [-0.39, 0.29) is 29.6 Å². The number of aliphatic hydroxyl groups excluding tert-OH is 1.